The van der Waals surface area contributed by atoms with Gasteiger partial charge in [-0.3, -0.25) is 0 Å². The highest BCUT2D eigenvalue weighted by Crippen LogP contribution is 2.50. The zero-order chi connectivity index (χ0) is 26.3. The Balaban J connectivity index is 1.49. The molecule has 3 heterocycles. The Morgan fingerprint density at radius 3 is 2.61 bits per heavy atom. The molecule has 2 aliphatic heterocycles. The number of fused-ring (bicyclic) bond motifs is 1. The zero-order valence-electron chi connectivity index (χ0n) is 22.2. The van der Waals surface area contributed by atoms with Crippen molar-refractivity contribution in [2.75, 3.05) is 31.2 Å². The molecule has 8 heteroatoms. The first-order chi connectivity index (χ1) is 18.4. The standard InChI is InChI=1S/C30H36BrN3O4/c1-19(20-7-4-3-5-8-20)37-27-25(31)23(21-9-10-21)17-24-26(27)32-29(38-22-11-15-36-16-12-22)33-28(24)34-14-6-13-30(2,35)18-34/h3-5,7-8,17,19,21-22,35H,6,9-16,18H2,1-2H3. The molecule has 2 atom stereocenters. The fourth-order valence-corrected chi connectivity index (χ4v) is 6.32. The highest BCUT2D eigenvalue weighted by atomic mass is 79.9. The fourth-order valence-electron chi connectivity index (χ4n) is 5.60. The Morgan fingerprint density at radius 1 is 1.13 bits per heavy atom. The van der Waals surface area contributed by atoms with Crippen LogP contribution in [0.3, 0.4) is 0 Å². The lowest BCUT2D eigenvalue weighted by Gasteiger charge is -2.38. The molecule has 0 amide bonds. The second kappa shape index (κ2) is 10.6. The van der Waals surface area contributed by atoms with Crippen LogP contribution in [0.2, 0.25) is 0 Å². The van der Waals surface area contributed by atoms with Gasteiger partial charge >= 0.3 is 6.01 Å². The lowest BCUT2D eigenvalue weighted by atomic mass is 9.95. The summed E-state index contributed by atoms with van der Waals surface area (Å²) in [5, 5.41) is 11.9. The van der Waals surface area contributed by atoms with Crippen molar-refractivity contribution in [2.45, 2.75) is 76.1 Å². The molecule has 1 N–H and O–H groups in total. The summed E-state index contributed by atoms with van der Waals surface area (Å²) in [5.74, 6) is 2.03. The van der Waals surface area contributed by atoms with E-state index in [-0.39, 0.29) is 12.2 Å². The van der Waals surface area contributed by atoms with Crippen LogP contribution in [0.5, 0.6) is 11.8 Å². The minimum Gasteiger partial charge on any atom is -0.483 e. The van der Waals surface area contributed by atoms with Gasteiger partial charge < -0.3 is 24.2 Å². The minimum absolute atomic E-state index is 0.0142. The molecule has 38 heavy (non-hydrogen) atoms. The summed E-state index contributed by atoms with van der Waals surface area (Å²) in [6.45, 7) is 6.68. The summed E-state index contributed by atoms with van der Waals surface area (Å²) in [5.41, 5.74) is 2.30. The number of hydrogen-bond acceptors (Lipinski definition) is 7. The Kier molecular flexibility index (Phi) is 7.22. The van der Waals surface area contributed by atoms with Gasteiger partial charge in [0.1, 0.15) is 23.5 Å². The van der Waals surface area contributed by atoms with Crippen LogP contribution < -0.4 is 14.4 Å². The number of ether oxygens (including phenoxy) is 3. The van der Waals surface area contributed by atoms with Gasteiger partial charge in [0, 0.05) is 31.3 Å². The second-order valence-electron chi connectivity index (χ2n) is 11.2. The van der Waals surface area contributed by atoms with E-state index in [4.69, 9.17) is 24.2 Å². The van der Waals surface area contributed by atoms with Gasteiger partial charge in [-0.15, -0.1) is 0 Å². The molecule has 1 aromatic heterocycles. The van der Waals surface area contributed by atoms with Crippen molar-refractivity contribution < 1.29 is 19.3 Å². The summed E-state index contributed by atoms with van der Waals surface area (Å²) in [6, 6.07) is 12.8. The van der Waals surface area contributed by atoms with Crippen molar-refractivity contribution in [3.8, 4) is 11.8 Å². The van der Waals surface area contributed by atoms with E-state index < -0.39 is 5.60 Å². The summed E-state index contributed by atoms with van der Waals surface area (Å²) in [4.78, 5) is 12.1. The SMILES string of the molecule is CC(Oc1c(Br)c(C2CC2)cc2c(N3CCCC(C)(O)C3)nc(OC3CCOCC3)nc12)c1ccccc1. The quantitative estimate of drug-likeness (QED) is 0.350. The van der Waals surface area contributed by atoms with E-state index in [0.717, 1.165) is 77.6 Å². The molecule has 2 aromatic carbocycles. The topological polar surface area (TPSA) is 76.9 Å². The van der Waals surface area contributed by atoms with Crippen LogP contribution in [0.1, 0.15) is 75.5 Å². The third kappa shape index (κ3) is 5.49. The van der Waals surface area contributed by atoms with Gasteiger partial charge in [-0.05, 0) is 78.6 Å². The lowest BCUT2D eigenvalue weighted by Crippen LogP contribution is -2.46. The highest BCUT2D eigenvalue weighted by Gasteiger charge is 2.34. The maximum absolute atomic E-state index is 10.9. The van der Waals surface area contributed by atoms with Crippen LogP contribution in [-0.4, -0.2) is 53.1 Å². The molecule has 1 aliphatic carbocycles. The average Bonchev–Trinajstić information content (AvgIpc) is 3.76. The second-order valence-corrected chi connectivity index (χ2v) is 12.0. The average molecular weight is 583 g/mol. The predicted octanol–water partition coefficient (Wildman–Crippen LogP) is 6.32. The summed E-state index contributed by atoms with van der Waals surface area (Å²) >= 11 is 3.91. The number of rotatable bonds is 7. The monoisotopic (exact) mass is 581 g/mol. The molecule has 3 fully saturated rings. The van der Waals surface area contributed by atoms with E-state index in [2.05, 4.69) is 46.0 Å². The minimum atomic E-state index is -0.771. The molecule has 7 nitrogen and oxygen atoms in total. The molecule has 2 saturated heterocycles. The third-order valence-corrected chi connectivity index (χ3v) is 8.69. The van der Waals surface area contributed by atoms with Crippen LogP contribution in [0.25, 0.3) is 10.9 Å². The Bertz CT molecular complexity index is 1290. The lowest BCUT2D eigenvalue weighted by molar-refractivity contribution is 0.0217. The maximum Gasteiger partial charge on any atom is 0.319 e. The first kappa shape index (κ1) is 25.8. The van der Waals surface area contributed by atoms with Gasteiger partial charge in [0.05, 0.1) is 23.3 Å². The normalized spacial score (nSPS) is 23.4. The Hall–Kier alpha value is -2.42. The number of aromatic nitrogens is 2. The number of hydrogen-bond donors (Lipinski definition) is 1. The van der Waals surface area contributed by atoms with Crippen LogP contribution in [0.4, 0.5) is 5.82 Å². The molecule has 3 aliphatic rings. The number of β-amino-alcohol motifs (C(OH)–C–C–N with tert-alkyl or cyclic N) is 1. The highest BCUT2D eigenvalue weighted by molar-refractivity contribution is 9.10. The van der Waals surface area contributed by atoms with E-state index in [1.165, 1.54) is 5.56 Å². The number of halogens is 1. The van der Waals surface area contributed by atoms with E-state index in [1.807, 2.05) is 25.1 Å². The van der Waals surface area contributed by atoms with E-state index in [0.29, 0.717) is 31.7 Å². The smallest absolute Gasteiger partial charge is 0.319 e. The van der Waals surface area contributed by atoms with Gasteiger partial charge in [-0.25, -0.2) is 0 Å². The zero-order valence-corrected chi connectivity index (χ0v) is 23.7. The van der Waals surface area contributed by atoms with Crippen LogP contribution in [0.15, 0.2) is 40.9 Å². The van der Waals surface area contributed by atoms with Crippen molar-refractivity contribution in [3.05, 3.63) is 52.0 Å². The van der Waals surface area contributed by atoms with Crippen molar-refractivity contribution in [3.63, 3.8) is 0 Å². The Labute approximate surface area is 232 Å². The molecule has 0 bridgehead atoms. The third-order valence-electron chi connectivity index (χ3n) is 7.87. The molecule has 0 radical (unpaired) electrons. The molecule has 0 spiro atoms. The molecule has 6 rings (SSSR count). The molecular weight excluding hydrogens is 546 g/mol. The number of nitrogens with zero attached hydrogens (tertiary/aromatic N) is 3. The van der Waals surface area contributed by atoms with Crippen molar-refractivity contribution in [1.29, 1.82) is 0 Å². The van der Waals surface area contributed by atoms with E-state index >= 15 is 0 Å². The van der Waals surface area contributed by atoms with Crippen molar-refractivity contribution in [1.82, 2.24) is 9.97 Å². The van der Waals surface area contributed by atoms with Crippen molar-refractivity contribution >= 4 is 32.7 Å². The van der Waals surface area contributed by atoms with Gasteiger partial charge in [0.15, 0.2) is 5.75 Å². The predicted molar refractivity (Wildman–Crippen MR) is 151 cm³/mol. The van der Waals surface area contributed by atoms with E-state index in [9.17, 15) is 5.11 Å². The number of anilines is 1. The van der Waals surface area contributed by atoms with Crippen LogP contribution in [0, 0.1) is 0 Å². The molecule has 202 valence electrons. The van der Waals surface area contributed by atoms with Gasteiger partial charge in [-0.2, -0.15) is 9.97 Å². The number of piperidine rings is 1. The molecular formula is C30H36BrN3O4. The summed E-state index contributed by atoms with van der Waals surface area (Å²) in [7, 11) is 0. The fraction of sp³-hybridized carbons (Fsp3) is 0.533. The summed E-state index contributed by atoms with van der Waals surface area (Å²) in [6.07, 6.45) is 5.48. The van der Waals surface area contributed by atoms with Crippen molar-refractivity contribution in [2.24, 2.45) is 0 Å². The molecule has 3 aromatic rings. The van der Waals surface area contributed by atoms with Crippen LogP contribution in [-0.2, 0) is 4.74 Å². The van der Waals surface area contributed by atoms with Crippen LogP contribution >= 0.6 is 15.9 Å². The largest absolute Gasteiger partial charge is 0.483 e. The molecule has 1 saturated carbocycles. The number of aliphatic hydroxyl groups is 1. The first-order valence-electron chi connectivity index (χ1n) is 13.9. The number of benzene rings is 2. The molecule has 2 unspecified atom stereocenters. The van der Waals surface area contributed by atoms with Gasteiger partial charge in [0.2, 0.25) is 0 Å². The van der Waals surface area contributed by atoms with Gasteiger partial charge in [0.25, 0.3) is 0 Å². The van der Waals surface area contributed by atoms with E-state index in [1.54, 1.807) is 0 Å². The summed E-state index contributed by atoms with van der Waals surface area (Å²) < 4.78 is 19.6. The first-order valence-corrected chi connectivity index (χ1v) is 14.6. The Morgan fingerprint density at radius 2 is 1.89 bits per heavy atom. The van der Waals surface area contributed by atoms with Gasteiger partial charge in [-0.1, -0.05) is 30.3 Å². The maximum atomic E-state index is 10.9.